The van der Waals surface area contributed by atoms with Crippen molar-refractivity contribution in [2.45, 2.75) is 20.5 Å². The molecule has 28 heavy (non-hydrogen) atoms. The standard InChI is InChI=1S/C21H16F3N3O/c1-12-9-14(22)3-8-17(12)18-10-20-19(11-25-18)26-13(2)27(20)15-4-6-16(7-5-15)28-21(23)24/h3-11,21H,1-2H3. The maximum Gasteiger partial charge on any atom is 0.387 e. The lowest BCUT2D eigenvalue weighted by Crippen LogP contribution is -2.02. The van der Waals surface area contributed by atoms with Crippen molar-refractivity contribution in [2.75, 3.05) is 0 Å². The van der Waals surface area contributed by atoms with Crippen LogP contribution in [0.3, 0.4) is 0 Å². The summed E-state index contributed by atoms with van der Waals surface area (Å²) in [5, 5.41) is 0. The van der Waals surface area contributed by atoms with E-state index < -0.39 is 6.61 Å². The summed E-state index contributed by atoms with van der Waals surface area (Å²) in [5.41, 5.74) is 4.58. The van der Waals surface area contributed by atoms with Gasteiger partial charge < -0.3 is 4.74 Å². The molecule has 0 saturated heterocycles. The molecule has 0 N–H and O–H groups in total. The van der Waals surface area contributed by atoms with E-state index in [0.29, 0.717) is 11.2 Å². The Morgan fingerprint density at radius 1 is 1.00 bits per heavy atom. The summed E-state index contributed by atoms with van der Waals surface area (Å²) in [5.74, 6) is 0.520. The van der Waals surface area contributed by atoms with Crippen molar-refractivity contribution in [3.05, 3.63) is 71.9 Å². The van der Waals surface area contributed by atoms with E-state index in [-0.39, 0.29) is 11.6 Å². The Kier molecular flexibility index (Phi) is 4.50. The summed E-state index contributed by atoms with van der Waals surface area (Å²) < 4.78 is 44.5. The normalized spacial score (nSPS) is 11.4. The van der Waals surface area contributed by atoms with Gasteiger partial charge in [-0.05, 0) is 67.9 Å². The summed E-state index contributed by atoms with van der Waals surface area (Å²) in [6, 6.07) is 12.8. The lowest BCUT2D eigenvalue weighted by molar-refractivity contribution is -0.0498. The van der Waals surface area contributed by atoms with Crippen molar-refractivity contribution in [3.8, 4) is 22.7 Å². The van der Waals surface area contributed by atoms with Gasteiger partial charge in [0.15, 0.2) is 0 Å². The summed E-state index contributed by atoms with van der Waals surface area (Å²) in [7, 11) is 0. The number of hydrogen-bond donors (Lipinski definition) is 0. The first-order valence-corrected chi connectivity index (χ1v) is 8.59. The molecule has 0 fully saturated rings. The van der Waals surface area contributed by atoms with Crippen LogP contribution in [0, 0.1) is 19.7 Å². The number of benzene rings is 2. The molecule has 2 aromatic carbocycles. The minimum absolute atomic E-state index is 0.0881. The van der Waals surface area contributed by atoms with Gasteiger partial charge in [-0.25, -0.2) is 9.37 Å². The molecular weight excluding hydrogens is 367 g/mol. The molecule has 7 heteroatoms. The van der Waals surface area contributed by atoms with E-state index >= 15 is 0 Å². The first kappa shape index (κ1) is 18.0. The second-order valence-electron chi connectivity index (χ2n) is 6.38. The fourth-order valence-corrected chi connectivity index (χ4v) is 3.27. The Bertz CT molecular complexity index is 1150. The highest BCUT2D eigenvalue weighted by atomic mass is 19.3. The average molecular weight is 383 g/mol. The van der Waals surface area contributed by atoms with Gasteiger partial charge >= 0.3 is 6.61 Å². The van der Waals surface area contributed by atoms with Crippen LogP contribution >= 0.6 is 0 Å². The predicted molar refractivity (Wildman–Crippen MR) is 100 cm³/mol. The number of imidazole rings is 1. The first-order chi connectivity index (χ1) is 13.4. The minimum atomic E-state index is -2.87. The van der Waals surface area contributed by atoms with Crippen molar-refractivity contribution in [3.63, 3.8) is 0 Å². The monoisotopic (exact) mass is 383 g/mol. The highest BCUT2D eigenvalue weighted by molar-refractivity contribution is 5.82. The van der Waals surface area contributed by atoms with E-state index in [0.717, 1.165) is 28.2 Å². The second-order valence-corrected chi connectivity index (χ2v) is 6.38. The van der Waals surface area contributed by atoms with Crippen molar-refractivity contribution >= 4 is 11.0 Å². The van der Waals surface area contributed by atoms with E-state index in [1.165, 1.54) is 24.3 Å². The van der Waals surface area contributed by atoms with Gasteiger partial charge in [-0.3, -0.25) is 9.55 Å². The van der Waals surface area contributed by atoms with Crippen LogP contribution in [0.15, 0.2) is 54.7 Å². The molecule has 142 valence electrons. The van der Waals surface area contributed by atoms with Crippen molar-refractivity contribution in [2.24, 2.45) is 0 Å². The number of nitrogens with zero attached hydrogens (tertiary/aromatic N) is 3. The Hall–Kier alpha value is -3.35. The fourth-order valence-electron chi connectivity index (χ4n) is 3.27. The molecule has 4 aromatic rings. The van der Waals surface area contributed by atoms with Crippen LogP contribution in [0.4, 0.5) is 13.2 Å². The van der Waals surface area contributed by atoms with Crippen LogP contribution in [-0.2, 0) is 0 Å². The topological polar surface area (TPSA) is 39.9 Å². The molecular formula is C21H16F3N3O. The predicted octanol–water partition coefficient (Wildman–Crippen LogP) is 5.44. The third kappa shape index (κ3) is 3.31. The molecule has 0 aliphatic rings. The van der Waals surface area contributed by atoms with Gasteiger partial charge in [0.2, 0.25) is 0 Å². The maximum absolute atomic E-state index is 13.4. The average Bonchev–Trinajstić information content (AvgIpc) is 2.97. The third-order valence-electron chi connectivity index (χ3n) is 4.49. The minimum Gasteiger partial charge on any atom is -0.435 e. The Morgan fingerprint density at radius 2 is 1.75 bits per heavy atom. The molecule has 4 rings (SSSR count). The van der Waals surface area contributed by atoms with Gasteiger partial charge in [0, 0.05) is 11.3 Å². The molecule has 2 heterocycles. The second kappa shape index (κ2) is 6.99. The Morgan fingerprint density at radius 3 is 2.43 bits per heavy atom. The zero-order valence-corrected chi connectivity index (χ0v) is 15.2. The van der Waals surface area contributed by atoms with E-state index in [4.69, 9.17) is 0 Å². The number of ether oxygens (including phenoxy) is 1. The number of halogens is 3. The molecule has 0 aliphatic carbocycles. The number of aromatic nitrogens is 3. The smallest absolute Gasteiger partial charge is 0.387 e. The van der Waals surface area contributed by atoms with Crippen molar-refractivity contribution in [1.29, 1.82) is 0 Å². The molecule has 0 radical (unpaired) electrons. The van der Waals surface area contributed by atoms with Crippen LogP contribution in [0.2, 0.25) is 0 Å². The van der Waals surface area contributed by atoms with E-state index in [1.54, 1.807) is 24.4 Å². The lowest BCUT2D eigenvalue weighted by Gasteiger charge is -2.10. The zero-order valence-electron chi connectivity index (χ0n) is 15.2. The van der Waals surface area contributed by atoms with Crippen LogP contribution in [0.1, 0.15) is 11.4 Å². The third-order valence-corrected chi connectivity index (χ3v) is 4.49. The van der Waals surface area contributed by atoms with Gasteiger partial charge in [-0.1, -0.05) is 0 Å². The first-order valence-electron chi connectivity index (χ1n) is 8.59. The van der Waals surface area contributed by atoms with Gasteiger partial charge in [-0.2, -0.15) is 8.78 Å². The highest BCUT2D eigenvalue weighted by Gasteiger charge is 2.13. The van der Waals surface area contributed by atoms with Gasteiger partial charge in [0.05, 0.1) is 17.4 Å². The number of hydrogen-bond acceptors (Lipinski definition) is 3. The summed E-state index contributed by atoms with van der Waals surface area (Å²) in [6.45, 7) is 0.815. The number of pyridine rings is 1. The van der Waals surface area contributed by atoms with Crippen molar-refractivity contribution in [1.82, 2.24) is 14.5 Å². The maximum atomic E-state index is 13.4. The molecule has 0 spiro atoms. The van der Waals surface area contributed by atoms with Crippen LogP contribution in [0.5, 0.6) is 5.75 Å². The Balaban J connectivity index is 1.81. The van der Waals surface area contributed by atoms with Crippen LogP contribution in [0.25, 0.3) is 28.0 Å². The molecule has 0 bridgehead atoms. The quantitative estimate of drug-likeness (QED) is 0.471. The van der Waals surface area contributed by atoms with E-state index in [9.17, 15) is 13.2 Å². The molecule has 4 nitrogen and oxygen atoms in total. The Labute approximate surface area is 159 Å². The molecule has 0 atom stereocenters. The number of rotatable bonds is 4. The molecule has 0 saturated carbocycles. The largest absolute Gasteiger partial charge is 0.435 e. The molecule has 0 aliphatic heterocycles. The SMILES string of the molecule is Cc1cc(F)ccc1-c1cc2c(cn1)nc(C)n2-c1ccc(OC(F)F)cc1. The summed E-state index contributed by atoms with van der Waals surface area (Å²) >= 11 is 0. The molecule has 2 aromatic heterocycles. The van der Waals surface area contributed by atoms with E-state index in [2.05, 4.69) is 14.7 Å². The fraction of sp³-hybridized carbons (Fsp3) is 0.143. The number of fused-ring (bicyclic) bond motifs is 1. The molecule has 0 unspecified atom stereocenters. The van der Waals surface area contributed by atoms with Crippen molar-refractivity contribution < 1.29 is 17.9 Å². The molecule has 0 amide bonds. The zero-order chi connectivity index (χ0) is 19.8. The highest BCUT2D eigenvalue weighted by Crippen LogP contribution is 2.28. The van der Waals surface area contributed by atoms with Crippen LogP contribution in [-0.4, -0.2) is 21.1 Å². The number of alkyl halides is 2. The number of aryl methyl sites for hydroxylation is 2. The van der Waals surface area contributed by atoms with E-state index in [1.807, 2.05) is 24.5 Å². The summed E-state index contributed by atoms with van der Waals surface area (Å²) in [4.78, 5) is 8.98. The lowest BCUT2D eigenvalue weighted by atomic mass is 10.0. The van der Waals surface area contributed by atoms with Gasteiger partial charge in [0.1, 0.15) is 22.9 Å². The summed E-state index contributed by atoms with van der Waals surface area (Å²) in [6.07, 6.45) is 1.67. The van der Waals surface area contributed by atoms with Gasteiger partial charge in [0.25, 0.3) is 0 Å². The van der Waals surface area contributed by atoms with Gasteiger partial charge in [-0.15, -0.1) is 0 Å². The van der Waals surface area contributed by atoms with Crippen LogP contribution < -0.4 is 4.74 Å².